The number of hydrogen-bond donors (Lipinski definition) is 2. The molecule has 0 radical (unpaired) electrons. The number of carboxylic acids is 1. The molecule has 4 heteroatoms. The van der Waals surface area contributed by atoms with Gasteiger partial charge in [-0.25, -0.2) is 0 Å². The molecule has 0 spiro atoms. The number of likely N-dealkylation sites (tertiary alicyclic amines) is 1. The molecular weight excluding hydrogens is 206 g/mol. The fourth-order valence-corrected chi connectivity index (χ4v) is 2.21. The first-order valence-corrected chi connectivity index (χ1v) is 5.86. The van der Waals surface area contributed by atoms with Crippen molar-refractivity contribution in [2.45, 2.75) is 38.8 Å². The number of rotatable bonds is 5. The van der Waals surface area contributed by atoms with Gasteiger partial charge in [0.25, 0.3) is 0 Å². The Hall–Kier alpha value is -0.870. The van der Waals surface area contributed by atoms with Crippen LogP contribution in [0.15, 0.2) is 12.2 Å². The van der Waals surface area contributed by atoms with Crippen LogP contribution in [0, 0.1) is 5.92 Å². The molecule has 2 N–H and O–H groups in total. The molecule has 1 fully saturated rings. The van der Waals surface area contributed by atoms with E-state index in [2.05, 4.69) is 0 Å². The molecule has 1 aliphatic rings. The van der Waals surface area contributed by atoms with Crippen molar-refractivity contribution >= 4 is 5.97 Å². The van der Waals surface area contributed by atoms with Gasteiger partial charge in [0.1, 0.15) is 6.04 Å². The van der Waals surface area contributed by atoms with E-state index >= 15 is 0 Å². The van der Waals surface area contributed by atoms with Crippen molar-refractivity contribution in [3.8, 4) is 0 Å². The highest BCUT2D eigenvalue weighted by molar-refractivity contribution is 5.74. The second kappa shape index (κ2) is 6.01. The molecule has 1 heterocycles. The molecule has 0 aromatic rings. The number of aliphatic hydroxyl groups is 1. The van der Waals surface area contributed by atoms with Crippen molar-refractivity contribution < 1.29 is 15.0 Å². The maximum Gasteiger partial charge on any atom is 0.320 e. The van der Waals surface area contributed by atoms with Crippen molar-refractivity contribution in [1.29, 1.82) is 0 Å². The third kappa shape index (κ3) is 3.32. The number of hydrogen-bond acceptors (Lipinski definition) is 3. The van der Waals surface area contributed by atoms with Crippen molar-refractivity contribution in [3.05, 3.63) is 12.2 Å². The van der Waals surface area contributed by atoms with Crippen molar-refractivity contribution in [1.82, 2.24) is 4.90 Å². The standard InChI is InChI=1S/C12H21NO3/c1-3-5-9-6-11(12(15)16)13(7-9)8-10(14)4-2/h3,5,9-11,14H,4,6-8H2,1-2H3,(H,15,16)/t9-,10?,11-/m1/s1. The van der Waals surface area contributed by atoms with E-state index in [0.717, 1.165) is 6.54 Å². The molecule has 1 rings (SSSR count). The summed E-state index contributed by atoms with van der Waals surface area (Å²) in [5.41, 5.74) is 0. The summed E-state index contributed by atoms with van der Waals surface area (Å²) in [5.74, 6) is -0.481. The molecule has 4 nitrogen and oxygen atoms in total. The summed E-state index contributed by atoms with van der Waals surface area (Å²) in [4.78, 5) is 13.0. The first-order valence-electron chi connectivity index (χ1n) is 5.86. The Morgan fingerprint density at radius 2 is 2.31 bits per heavy atom. The first-order chi connectivity index (χ1) is 7.58. The van der Waals surface area contributed by atoms with Crippen LogP contribution in [0.3, 0.4) is 0 Å². The molecule has 0 aliphatic carbocycles. The lowest BCUT2D eigenvalue weighted by Gasteiger charge is -2.23. The maximum atomic E-state index is 11.1. The summed E-state index contributed by atoms with van der Waals surface area (Å²) in [6.07, 6.45) is 4.90. The number of β-amino-alcohol motifs (C(OH)–C–C–N with tert-alkyl or cyclic N) is 1. The molecule has 0 aromatic carbocycles. The lowest BCUT2D eigenvalue weighted by molar-refractivity contribution is -0.142. The van der Waals surface area contributed by atoms with Crippen molar-refractivity contribution in [2.75, 3.05) is 13.1 Å². The topological polar surface area (TPSA) is 60.8 Å². The van der Waals surface area contributed by atoms with E-state index in [9.17, 15) is 9.90 Å². The van der Waals surface area contributed by atoms with Gasteiger partial charge in [0.05, 0.1) is 6.10 Å². The predicted octanol–water partition coefficient (Wildman–Crippen LogP) is 1.11. The van der Waals surface area contributed by atoms with E-state index in [1.54, 1.807) is 0 Å². The number of aliphatic carboxylic acids is 1. The molecule has 1 saturated heterocycles. The molecule has 0 bridgehead atoms. The lowest BCUT2D eigenvalue weighted by Crippen LogP contribution is -2.40. The zero-order valence-corrected chi connectivity index (χ0v) is 9.97. The van der Waals surface area contributed by atoms with Crippen LogP contribution in [0.1, 0.15) is 26.7 Å². The van der Waals surface area contributed by atoms with E-state index in [1.165, 1.54) is 0 Å². The van der Waals surface area contributed by atoms with Crippen LogP contribution < -0.4 is 0 Å². The highest BCUT2D eigenvalue weighted by Crippen LogP contribution is 2.24. The average molecular weight is 227 g/mol. The van der Waals surface area contributed by atoms with Gasteiger partial charge in [0.2, 0.25) is 0 Å². The van der Waals surface area contributed by atoms with E-state index in [4.69, 9.17) is 5.11 Å². The quantitative estimate of drug-likeness (QED) is 0.691. The average Bonchev–Trinajstić information content (AvgIpc) is 2.61. The van der Waals surface area contributed by atoms with Gasteiger partial charge in [0, 0.05) is 13.1 Å². The first kappa shape index (κ1) is 13.2. The second-order valence-electron chi connectivity index (χ2n) is 4.39. The Balaban J connectivity index is 2.62. The summed E-state index contributed by atoms with van der Waals surface area (Å²) in [6.45, 7) is 5.04. The van der Waals surface area contributed by atoms with Crippen LogP contribution in [0.5, 0.6) is 0 Å². The van der Waals surface area contributed by atoms with E-state index < -0.39 is 18.1 Å². The Labute approximate surface area is 96.6 Å². The predicted molar refractivity (Wildman–Crippen MR) is 62.2 cm³/mol. The number of carbonyl (C=O) groups is 1. The second-order valence-corrected chi connectivity index (χ2v) is 4.39. The SMILES string of the molecule is CC=C[C@@H]1C[C@H](C(=O)O)N(CC(O)CC)C1. The molecule has 16 heavy (non-hydrogen) atoms. The Morgan fingerprint density at radius 3 is 2.81 bits per heavy atom. The minimum absolute atomic E-state index is 0.301. The Kier molecular flexibility index (Phi) is 4.96. The van der Waals surface area contributed by atoms with Crippen molar-refractivity contribution in [3.63, 3.8) is 0 Å². The zero-order valence-electron chi connectivity index (χ0n) is 9.97. The third-order valence-corrected chi connectivity index (χ3v) is 3.10. The van der Waals surface area contributed by atoms with Gasteiger partial charge < -0.3 is 10.2 Å². The molecular formula is C12H21NO3. The molecule has 0 aromatic heterocycles. The monoisotopic (exact) mass is 227 g/mol. The number of allylic oxidation sites excluding steroid dienone is 1. The summed E-state index contributed by atoms with van der Waals surface area (Å²) in [7, 11) is 0. The Bertz CT molecular complexity index is 265. The molecule has 1 unspecified atom stereocenters. The lowest BCUT2D eigenvalue weighted by atomic mass is 10.1. The van der Waals surface area contributed by atoms with Gasteiger partial charge in [-0.1, -0.05) is 19.1 Å². The van der Waals surface area contributed by atoms with Gasteiger partial charge in [-0.05, 0) is 25.7 Å². The number of nitrogens with zero attached hydrogens (tertiary/aromatic N) is 1. The van der Waals surface area contributed by atoms with Crippen LogP contribution in [-0.2, 0) is 4.79 Å². The highest BCUT2D eigenvalue weighted by Gasteiger charge is 2.36. The van der Waals surface area contributed by atoms with Gasteiger partial charge in [-0.2, -0.15) is 0 Å². The van der Waals surface area contributed by atoms with Gasteiger partial charge in [0.15, 0.2) is 0 Å². The minimum Gasteiger partial charge on any atom is -0.480 e. The largest absolute Gasteiger partial charge is 0.480 e. The fraction of sp³-hybridized carbons (Fsp3) is 0.750. The number of carboxylic acid groups (broad SMARTS) is 1. The molecule has 0 amide bonds. The molecule has 92 valence electrons. The fourth-order valence-electron chi connectivity index (χ4n) is 2.21. The van der Waals surface area contributed by atoms with Gasteiger partial charge in [-0.3, -0.25) is 9.69 Å². The van der Waals surface area contributed by atoms with E-state index in [-0.39, 0.29) is 0 Å². The summed E-state index contributed by atoms with van der Waals surface area (Å²) >= 11 is 0. The van der Waals surface area contributed by atoms with E-state index in [0.29, 0.717) is 25.3 Å². The summed E-state index contributed by atoms with van der Waals surface area (Å²) in [6, 6.07) is -0.442. The van der Waals surface area contributed by atoms with Crippen molar-refractivity contribution in [2.24, 2.45) is 5.92 Å². The zero-order chi connectivity index (χ0) is 12.1. The Morgan fingerprint density at radius 1 is 1.62 bits per heavy atom. The summed E-state index contributed by atoms with van der Waals surface area (Å²) in [5, 5.41) is 18.7. The van der Waals surface area contributed by atoms with Gasteiger partial charge in [-0.15, -0.1) is 0 Å². The van der Waals surface area contributed by atoms with Crippen LogP contribution in [0.25, 0.3) is 0 Å². The van der Waals surface area contributed by atoms with Gasteiger partial charge >= 0.3 is 5.97 Å². The smallest absolute Gasteiger partial charge is 0.320 e. The van der Waals surface area contributed by atoms with Crippen LogP contribution >= 0.6 is 0 Å². The molecule has 3 atom stereocenters. The highest BCUT2D eigenvalue weighted by atomic mass is 16.4. The van der Waals surface area contributed by atoms with Crippen LogP contribution in [0.2, 0.25) is 0 Å². The summed E-state index contributed by atoms with van der Waals surface area (Å²) < 4.78 is 0. The minimum atomic E-state index is -0.782. The molecule has 0 saturated carbocycles. The van der Waals surface area contributed by atoms with Crippen LogP contribution in [0.4, 0.5) is 0 Å². The number of aliphatic hydroxyl groups excluding tert-OH is 1. The van der Waals surface area contributed by atoms with Crippen LogP contribution in [-0.4, -0.2) is 46.3 Å². The normalized spacial score (nSPS) is 28.7. The van der Waals surface area contributed by atoms with E-state index in [1.807, 2.05) is 30.9 Å². The third-order valence-electron chi connectivity index (χ3n) is 3.10. The molecule has 1 aliphatic heterocycles. The maximum absolute atomic E-state index is 11.1.